The third kappa shape index (κ3) is 9.80. The van der Waals surface area contributed by atoms with Gasteiger partial charge in [-0.3, -0.25) is 4.72 Å². The van der Waals surface area contributed by atoms with Crippen molar-refractivity contribution in [1.29, 1.82) is 0 Å². The van der Waals surface area contributed by atoms with Crippen molar-refractivity contribution in [2.24, 2.45) is 45.8 Å². The molecule has 6 rings (SSSR count). The molecule has 0 aliphatic heterocycles. The van der Waals surface area contributed by atoms with Crippen LogP contribution in [0.2, 0.25) is 0 Å². The van der Waals surface area contributed by atoms with Gasteiger partial charge >= 0.3 is 0 Å². The Morgan fingerprint density at radius 1 is 0.804 bits per heavy atom. The van der Waals surface area contributed by atoms with E-state index in [1.54, 1.807) is 11.6 Å². The maximum Gasteiger partial charge on any atom is 0.0213 e. The Balaban J connectivity index is 0.00000107. The lowest BCUT2D eigenvalue weighted by molar-refractivity contribution is -0.172. The first-order valence-electron chi connectivity index (χ1n) is 20.0. The van der Waals surface area contributed by atoms with Crippen LogP contribution in [0.15, 0.2) is 43.0 Å². The first-order valence-corrected chi connectivity index (χ1v) is 21.0. The predicted octanol–water partition coefficient (Wildman–Crippen LogP) is 12.4. The smallest absolute Gasteiger partial charge is 0.0213 e. The molecule has 4 saturated carbocycles. The zero-order valence-corrected chi connectivity index (χ0v) is 35.1. The van der Waals surface area contributed by atoms with Gasteiger partial charge in [0.15, 0.2) is 0 Å². The molecule has 1 aromatic carbocycles. The molecule has 5 aliphatic carbocycles. The second-order valence-corrected chi connectivity index (χ2v) is 17.2. The number of fused-ring (bicyclic) bond motifs is 7. The van der Waals surface area contributed by atoms with Crippen molar-refractivity contribution < 1.29 is 0 Å². The monoisotopic (exact) mass is 713 g/mol. The highest BCUT2D eigenvalue weighted by atomic mass is 32.2. The number of allylic oxidation sites excluding steroid dienone is 3. The van der Waals surface area contributed by atoms with E-state index in [1.807, 2.05) is 32.7 Å². The van der Waals surface area contributed by atoms with Gasteiger partial charge in [-0.15, -0.1) is 45.1 Å². The highest BCUT2D eigenvalue weighted by Gasteiger charge is 2.65. The number of rotatable bonds is 8. The van der Waals surface area contributed by atoms with Crippen LogP contribution >= 0.6 is 11.9 Å². The molecule has 2 nitrogen and oxygen atoms in total. The van der Waals surface area contributed by atoms with Crippen molar-refractivity contribution in [3.05, 3.63) is 54.1 Å². The van der Waals surface area contributed by atoms with Crippen LogP contribution in [-0.2, 0) is 0 Å². The number of nitrogens with one attached hydrogen (secondary N) is 2. The van der Waals surface area contributed by atoms with E-state index in [-0.39, 0.29) is 5.41 Å². The summed E-state index contributed by atoms with van der Waals surface area (Å²) in [5, 5.41) is 4.20. The molecule has 8 atom stereocenters. The summed E-state index contributed by atoms with van der Waals surface area (Å²) in [4.78, 5) is 0. The molecule has 0 bridgehead atoms. The average Bonchev–Trinajstić information content (AvgIpc) is 3.58. The fourth-order valence-electron chi connectivity index (χ4n) is 12.0. The van der Waals surface area contributed by atoms with Crippen LogP contribution in [-0.4, -0.2) is 24.4 Å². The lowest BCUT2D eigenvalue weighted by atomic mass is 9.37. The molecule has 1 aromatic rings. The summed E-state index contributed by atoms with van der Waals surface area (Å²) < 4.78 is 3.60. The predicted molar refractivity (Wildman–Crippen MR) is 231 cm³/mol. The van der Waals surface area contributed by atoms with E-state index in [4.69, 9.17) is 0 Å². The van der Waals surface area contributed by atoms with Crippen molar-refractivity contribution in [1.82, 2.24) is 10.0 Å². The van der Waals surface area contributed by atoms with Crippen molar-refractivity contribution in [3.8, 4) is 38.5 Å². The molecule has 4 fully saturated rings. The van der Waals surface area contributed by atoms with E-state index in [1.165, 1.54) is 87.5 Å². The topological polar surface area (TPSA) is 24.1 Å². The Bertz CT molecular complexity index is 1240. The number of aryl methyl sites for hydroxylation is 1. The Morgan fingerprint density at radius 3 is 2.04 bits per heavy atom. The lowest BCUT2D eigenvalue weighted by Gasteiger charge is -2.68. The molecular formula is C48H76N2S. The molecule has 0 saturated heterocycles. The molecule has 5 aliphatic rings. The Morgan fingerprint density at radius 2 is 1.43 bits per heavy atom. The number of hydrogen-bond donors (Lipinski definition) is 2. The summed E-state index contributed by atoms with van der Waals surface area (Å²) in [5.41, 5.74) is 6.07. The van der Waals surface area contributed by atoms with E-state index < -0.39 is 0 Å². The molecule has 0 amide bonds. The minimum absolute atomic E-state index is 0.237. The van der Waals surface area contributed by atoms with Crippen LogP contribution in [0.3, 0.4) is 0 Å². The van der Waals surface area contributed by atoms with Gasteiger partial charge in [0.1, 0.15) is 0 Å². The van der Waals surface area contributed by atoms with Crippen LogP contribution in [0.25, 0.3) is 5.57 Å². The fourth-order valence-corrected chi connectivity index (χ4v) is 12.6. The normalized spacial score (nSPS) is 33.3. The van der Waals surface area contributed by atoms with Crippen molar-refractivity contribution >= 4 is 17.5 Å². The maximum absolute atomic E-state index is 4.20. The van der Waals surface area contributed by atoms with Gasteiger partial charge in [0.2, 0.25) is 0 Å². The largest absolute Gasteiger partial charge is 0.310 e. The lowest BCUT2D eigenvalue weighted by Crippen LogP contribution is -2.63. The molecular weight excluding hydrogens is 637 g/mol. The van der Waals surface area contributed by atoms with Gasteiger partial charge in [0.05, 0.1) is 0 Å². The molecule has 0 spiro atoms. The molecule has 4 unspecified atom stereocenters. The summed E-state index contributed by atoms with van der Waals surface area (Å²) >= 11 is 1.91. The number of hydrogen-bond acceptors (Lipinski definition) is 3. The number of benzene rings is 1. The highest BCUT2D eigenvalue weighted by Crippen LogP contribution is 2.72. The van der Waals surface area contributed by atoms with Crippen LogP contribution in [0.1, 0.15) is 137 Å². The summed E-state index contributed by atoms with van der Waals surface area (Å²) in [5.74, 6) is 5.67. The molecule has 284 valence electrons. The number of terminal acetylenes is 3. The van der Waals surface area contributed by atoms with E-state index in [0.29, 0.717) is 16.4 Å². The Hall–Kier alpha value is -2.35. The van der Waals surface area contributed by atoms with Crippen molar-refractivity contribution in [3.63, 3.8) is 0 Å². The third-order valence-electron chi connectivity index (χ3n) is 13.6. The quantitative estimate of drug-likeness (QED) is 0.121. The summed E-state index contributed by atoms with van der Waals surface area (Å²) in [7, 11) is 0. The summed E-state index contributed by atoms with van der Waals surface area (Å²) in [6.45, 7) is 26.7. The van der Waals surface area contributed by atoms with Gasteiger partial charge in [-0.1, -0.05) is 109 Å². The molecule has 2 N–H and O–H groups in total. The molecule has 51 heavy (non-hydrogen) atoms. The minimum atomic E-state index is 0.237. The van der Waals surface area contributed by atoms with Crippen LogP contribution in [0.4, 0.5) is 0 Å². The van der Waals surface area contributed by atoms with Crippen LogP contribution in [0, 0.1) is 91.3 Å². The van der Waals surface area contributed by atoms with Gasteiger partial charge in [0, 0.05) is 24.4 Å². The molecule has 0 radical (unpaired) electrons. The van der Waals surface area contributed by atoms with Crippen molar-refractivity contribution in [2.75, 3.05) is 18.8 Å². The maximum atomic E-state index is 4.20. The zero-order chi connectivity index (χ0) is 38.9. The molecule has 0 heterocycles. The highest BCUT2D eigenvalue weighted by molar-refractivity contribution is 7.97. The third-order valence-corrected chi connectivity index (χ3v) is 14.6. The average molecular weight is 713 g/mol. The summed E-state index contributed by atoms with van der Waals surface area (Å²) in [6, 6.07) is 9.38. The van der Waals surface area contributed by atoms with Gasteiger partial charge < -0.3 is 5.32 Å². The Kier molecular flexibility index (Phi) is 20.1. The fraction of sp³-hybridized carbons (Fsp3) is 0.667. The summed E-state index contributed by atoms with van der Waals surface area (Å²) in [6.07, 6.45) is 44.0. The van der Waals surface area contributed by atoms with Gasteiger partial charge in [0.25, 0.3) is 0 Å². The minimum Gasteiger partial charge on any atom is -0.310 e. The van der Waals surface area contributed by atoms with E-state index >= 15 is 0 Å². The second kappa shape index (κ2) is 22.0. The first-order chi connectivity index (χ1) is 24.6. The first kappa shape index (κ1) is 46.7. The van der Waals surface area contributed by atoms with Gasteiger partial charge in [-0.25, -0.2) is 0 Å². The Labute approximate surface area is 322 Å². The van der Waals surface area contributed by atoms with E-state index in [9.17, 15) is 0 Å². The van der Waals surface area contributed by atoms with Gasteiger partial charge in [-0.05, 0) is 135 Å². The van der Waals surface area contributed by atoms with Crippen LogP contribution < -0.4 is 10.0 Å². The standard InChI is InChI=1S/C37H58N2S.C3H6.C2H6.3C2H2/c1-7-25-40-39-24-23-38-37-19-8-9-31(37)28-14-15-33-35(5,30(28)17-22-37)21-18-32-34(3,4)29(16-20-36(32,33)6)27-12-10-26(2)11-13-27;1-3-2;4*1-2/h10-13,16,28,30-33,38-39H,7-9,14-15,17-25H2,1-6H3;3H,1H2,2H3;1-2H3;3*1-2H/t28-,30?,31?,32?,33?,35-,36-,37-;;;;;/m0...../s1. The SMILES string of the molecule is C#C.C#C.C#C.C=CC.CC.CCCSNCCN[C@]12CCCC1[C@H]1CCC3[C@@](C)(CCC4C(C)(C)C(c5ccc(C)cc5)=CC[C@@]43C)C1CC2. The van der Waals surface area contributed by atoms with Crippen molar-refractivity contribution in [2.45, 2.75) is 138 Å². The van der Waals surface area contributed by atoms with E-state index in [2.05, 4.69) is 127 Å². The van der Waals surface area contributed by atoms with Gasteiger partial charge in [-0.2, -0.15) is 0 Å². The molecule has 3 heteroatoms. The molecule has 0 aromatic heterocycles. The second-order valence-electron chi connectivity index (χ2n) is 16.2. The van der Waals surface area contributed by atoms with E-state index in [0.717, 1.165) is 42.7 Å². The zero-order valence-electron chi connectivity index (χ0n) is 34.3. The van der Waals surface area contributed by atoms with Crippen LogP contribution in [0.5, 0.6) is 0 Å².